The summed E-state index contributed by atoms with van der Waals surface area (Å²) in [5.41, 5.74) is 0.611. The number of nitroso groups, excluding NO2 is 1. The number of aliphatic hydroxyl groups is 1. The molecule has 0 bridgehead atoms. The number of amides is 1. The molecule has 1 rings (SSSR count). The molecule has 0 saturated carbocycles. The van der Waals surface area contributed by atoms with Gasteiger partial charge in [-0.15, -0.1) is 4.91 Å². The topological polar surface area (TPSA) is 66.7 Å². The average Bonchev–Trinajstić information content (AvgIpc) is 2.19. The van der Waals surface area contributed by atoms with Crippen molar-refractivity contribution in [2.75, 3.05) is 0 Å². The fraction of sp³-hybridized carbons (Fsp3) is 0.222. The first-order valence-corrected chi connectivity index (χ1v) is 3.83. The predicted octanol–water partition coefficient (Wildman–Crippen LogP) is 1.40. The van der Waals surface area contributed by atoms with Crippen LogP contribution in [0.1, 0.15) is 18.1 Å². The highest BCUT2D eigenvalue weighted by Crippen LogP contribution is 2.15. The van der Waals surface area contributed by atoms with Gasteiger partial charge >= 0.3 is 0 Å². The summed E-state index contributed by atoms with van der Waals surface area (Å²) in [5.74, 6) is -0.837. The Morgan fingerprint density at radius 3 is 2.54 bits per heavy atom. The molecule has 1 aromatic rings. The first kappa shape index (κ1) is 9.54. The summed E-state index contributed by atoms with van der Waals surface area (Å²) in [6.45, 7) is 0. The third kappa shape index (κ3) is 2.76. The largest absolute Gasteiger partial charge is 0.388 e. The van der Waals surface area contributed by atoms with E-state index in [-0.39, 0.29) is 6.42 Å². The molecule has 1 atom stereocenters. The molecule has 0 spiro atoms. The molecule has 0 radical (unpaired) electrons. The number of rotatable bonds is 3. The second-order valence-corrected chi connectivity index (χ2v) is 2.62. The van der Waals surface area contributed by atoms with Crippen molar-refractivity contribution in [3.8, 4) is 0 Å². The lowest BCUT2D eigenvalue weighted by molar-refractivity contribution is -0.119. The zero-order valence-corrected chi connectivity index (χ0v) is 6.88. The highest BCUT2D eigenvalue weighted by atomic mass is 16.3. The molecule has 0 heterocycles. The molecule has 1 aromatic carbocycles. The highest BCUT2D eigenvalue weighted by molar-refractivity contribution is 5.77. The molecule has 1 N–H and O–H groups in total. The van der Waals surface area contributed by atoms with Crippen molar-refractivity contribution in [1.82, 2.24) is 0 Å². The number of hydrogen-bond acceptors (Lipinski definition) is 3. The smallest absolute Gasteiger partial charge is 0.289 e. The monoisotopic (exact) mass is 179 g/mol. The van der Waals surface area contributed by atoms with Gasteiger partial charge in [0.1, 0.15) is 0 Å². The molecule has 0 aliphatic rings. The van der Waals surface area contributed by atoms with Crippen LogP contribution in [0.2, 0.25) is 0 Å². The van der Waals surface area contributed by atoms with Gasteiger partial charge in [0.15, 0.2) is 0 Å². The lowest BCUT2D eigenvalue weighted by atomic mass is 10.1. The maximum absolute atomic E-state index is 10.6. The van der Waals surface area contributed by atoms with E-state index in [4.69, 9.17) is 0 Å². The van der Waals surface area contributed by atoms with Gasteiger partial charge in [-0.05, 0) is 5.56 Å². The van der Waals surface area contributed by atoms with Gasteiger partial charge in [0.25, 0.3) is 5.91 Å². The molecule has 1 amide bonds. The summed E-state index contributed by atoms with van der Waals surface area (Å²) in [5, 5.41) is 11.6. The van der Waals surface area contributed by atoms with Crippen LogP contribution >= 0.6 is 0 Å². The number of benzene rings is 1. The first-order chi connectivity index (χ1) is 6.24. The van der Waals surface area contributed by atoms with Crippen LogP contribution in [-0.2, 0) is 4.79 Å². The van der Waals surface area contributed by atoms with Crippen molar-refractivity contribution in [3.05, 3.63) is 40.8 Å². The number of nitrogens with zero attached hydrogens (tertiary/aromatic N) is 1. The Bertz CT molecular complexity index is 297. The van der Waals surface area contributed by atoms with Gasteiger partial charge in [0.05, 0.1) is 12.5 Å². The summed E-state index contributed by atoms with van der Waals surface area (Å²) in [7, 11) is 0. The van der Waals surface area contributed by atoms with Crippen molar-refractivity contribution < 1.29 is 9.90 Å². The summed E-state index contributed by atoms with van der Waals surface area (Å²) < 4.78 is 0. The van der Waals surface area contributed by atoms with Crippen molar-refractivity contribution in [3.63, 3.8) is 0 Å². The second-order valence-electron chi connectivity index (χ2n) is 2.62. The van der Waals surface area contributed by atoms with Gasteiger partial charge in [0.2, 0.25) is 0 Å². The van der Waals surface area contributed by atoms with E-state index in [2.05, 4.69) is 5.18 Å². The van der Waals surface area contributed by atoms with Gasteiger partial charge in [0, 0.05) is 5.18 Å². The Morgan fingerprint density at radius 1 is 1.38 bits per heavy atom. The van der Waals surface area contributed by atoms with Crippen LogP contribution in [0.4, 0.5) is 0 Å². The molecule has 13 heavy (non-hydrogen) atoms. The Balaban J connectivity index is 2.63. The van der Waals surface area contributed by atoms with E-state index in [1.54, 1.807) is 30.3 Å². The van der Waals surface area contributed by atoms with Crippen LogP contribution in [0.25, 0.3) is 0 Å². The predicted molar refractivity (Wildman–Crippen MR) is 46.8 cm³/mol. The SMILES string of the molecule is O=NC(=O)CC(O)c1ccccc1. The lowest BCUT2D eigenvalue weighted by Gasteiger charge is -2.06. The third-order valence-corrected chi connectivity index (χ3v) is 1.65. The Hall–Kier alpha value is -1.55. The van der Waals surface area contributed by atoms with Crippen LogP contribution in [0.3, 0.4) is 0 Å². The molecule has 4 nitrogen and oxygen atoms in total. The van der Waals surface area contributed by atoms with Crippen molar-refractivity contribution in [2.24, 2.45) is 5.18 Å². The molecule has 0 saturated heterocycles. The minimum absolute atomic E-state index is 0.256. The van der Waals surface area contributed by atoms with E-state index in [0.29, 0.717) is 5.56 Å². The number of carbonyl (C=O) groups is 1. The summed E-state index contributed by atoms with van der Waals surface area (Å²) in [6.07, 6.45) is -1.19. The van der Waals surface area contributed by atoms with Crippen molar-refractivity contribution in [2.45, 2.75) is 12.5 Å². The summed E-state index contributed by atoms with van der Waals surface area (Å²) in [4.78, 5) is 20.3. The van der Waals surface area contributed by atoms with Gasteiger partial charge in [-0.25, -0.2) is 0 Å². The van der Waals surface area contributed by atoms with E-state index < -0.39 is 12.0 Å². The maximum atomic E-state index is 10.6. The van der Waals surface area contributed by atoms with Gasteiger partial charge in [-0.1, -0.05) is 30.3 Å². The first-order valence-electron chi connectivity index (χ1n) is 3.83. The normalized spacial score (nSPS) is 12.1. The lowest BCUT2D eigenvalue weighted by Crippen LogP contribution is -2.03. The fourth-order valence-corrected chi connectivity index (χ4v) is 0.996. The molecular weight excluding hydrogens is 170 g/mol. The maximum Gasteiger partial charge on any atom is 0.289 e. The molecule has 0 aliphatic carbocycles. The molecule has 0 aliphatic heterocycles. The van der Waals surface area contributed by atoms with Gasteiger partial charge in [-0.3, -0.25) is 4.79 Å². The highest BCUT2D eigenvalue weighted by Gasteiger charge is 2.12. The van der Waals surface area contributed by atoms with Crippen LogP contribution in [0.15, 0.2) is 35.5 Å². The summed E-state index contributed by atoms with van der Waals surface area (Å²) >= 11 is 0. The minimum Gasteiger partial charge on any atom is -0.388 e. The van der Waals surface area contributed by atoms with E-state index in [9.17, 15) is 14.8 Å². The number of aliphatic hydroxyl groups excluding tert-OH is 1. The molecule has 1 unspecified atom stereocenters. The summed E-state index contributed by atoms with van der Waals surface area (Å²) in [6, 6.07) is 8.66. The number of hydrogen-bond donors (Lipinski definition) is 1. The number of carbonyl (C=O) groups excluding carboxylic acids is 1. The third-order valence-electron chi connectivity index (χ3n) is 1.65. The van der Waals surface area contributed by atoms with Crippen LogP contribution in [0, 0.1) is 4.91 Å². The minimum atomic E-state index is -0.939. The Labute approximate surface area is 75.2 Å². The van der Waals surface area contributed by atoms with E-state index in [1.807, 2.05) is 0 Å². The molecular formula is C9H9NO3. The van der Waals surface area contributed by atoms with E-state index >= 15 is 0 Å². The van der Waals surface area contributed by atoms with Crippen LogP contribution < -0.4 is 0 Å². The quantitative estimate of drug-likeness (QED) is 0.713. The second kappa shape index (κ2) is 4.47. The van der Waals surface area contributed by atoms with Crippen molar-refractivity contribution in [1.29, 1.82) is 0 Å². The van der Waals surface area contributed by atoms with Crippen LogP contribution in [0.5, 0.6) is 0 Å². The van der Waals surface area contributed by atoms with E-state index in [0.717, 1.165) is 0 Å². The standard InChI is InChI=1S/C9H9NO3/c11-8(6-9(12)10-13)7-4-2-1-3-5-7/h1-5,8,11H,6H2. The molecule has 68 valence electrons. The van der Waals surface area contributed by atoms with Crippen LogP contribution in [-0.4, -0.2) is 11.0 Å². The van der Waals surface area contributed by atoms with Gasteiger partial charge < -0.3 is 5.11 Å². The molecule has 0 fully saturated rings. The van der Waals surface area contributed by atoms with E-state index in [1.165, 1.54) is 0 Å². The van der Waals surface area contributed by atoms with Gasteiger partial charge in [-0.2, -0.15) is 0 Å². The average molecular weight is 179 g/mol. The Morgan fingerprint density at radius 2 is 2.00 bits per heavy atom. The molecule has 4 heteroatoms. The zero-order valence-electron chi connectivity index (χ0n) is 6.88. The fourth-order valence-electron chi connectivity index (χ4n) is 0.996. The Kier molecular flexibility index (Phi) is 3.28. The zero-order chi connectivity index (χ0) is 9.68. The molecule has 0 aromatic heterocycles. The van der Waals surface area contributed by atoms with Crippen molar-refractivity contribution >= 4 is 5.91 Å².